The van der Waals surface area contributed by atoms with E-state index < -0.39 is 0 Å². The Morgan fingerprint density at radius 3 is 2.70 bits per heavy atom. The Bertz CT molecular complexity index is 1030. The predicted octanol–water partition coefficient (Wildman–Crippen LogP) is 5.79. The first-order chi connectivity index (χ1) is 13.0. The minimum Gasteiger partial charge on any atom is -0.510 e. The van der Waals surface area contributed by atoms with E-state index in [0.29, 0.717) is 28.0 Å². The van der Waals surface area contributed by atoms with Crippen LogP contribution >= 0.6 is 22.9 Å². The maximum atomic E-state index is 10.5. The maximum absolute atomic E-state index is 10.5. The number of thiazole rings is 1. The van der Waals surface area contributed by atoms with E-state index in [4.69, 9.17) is 17.0 Å². The Labute approximate surface area is 166 Å². The molecule has 1 aliphatic heterocycles. The van der Waals surface area contributed by atoms with Crippen molar-refractivity contribution in [1.82, 2.24) is 9.88 Å². The van der Waals surface area contributed by atoms with E-state index in [2.05, 4.69) is 4.98 Å². The van der Waals surface area contributed by atoms with Crippen molar-refractivity contribution >= 4 is 34.3 Å². The van der Waals surface area contributed by atoms with E-state index in [-0.39, 0.29) is 11.8 Å². The zero-order valence-electron chi connectivity index (χ0n) is 14.7. The maximum Gasteiger partial charge on any atom is 0.135 e. The van der Waals surface area contributed by atoms with Crippen molar-refractivity contribution in [2.45, 2.75) is 13.0 Å². The number of benzene rings is 2. The number of rotatable bonds is 4. The summed E-state index contributed by atoms with van der Waals surface area (Å²) in [4.78, 5) is 6.53. The number of halogens is 1. The first kappa shape index (κ1) is 17.8. The van der Waals surface area contributed by atoms with Gasteiger partial charge in [0.1, 0.15) is 16.6 Å². The third-order valence-electron chi connectivity index (χ3n) is 4.72. The van der Waals surface area contributed by atoms with Gasteiger partial charge in [-0.05, 0) is 24.6 Å². The molecule has 0 saturated carbocycles. The summed E-state index contributed by atoms with van der Waals surface area (Å²) in [7, 11) is 0. The van der Waals surface area contributed by atoms with Crippen molar-refractivity contribution in [2.24, 2.45) is 0 Å². The van der Waals surface area contributed by atoms with Gasteiger partial charge in [-0.3, -0.25) is 5.41 Å². The normalized spacial score (nSPS) is 15.5. The molecule has 1 aromatic heterocycles. The highest BCUT2D eigenvalue weighted by Gasteiger charge is 2.33. The van der Waals surface area contributed by atoms with Gasteiger partial charge in [0.05, 0.1) is 23.9 Å². The molecule has 1 aliphatic rings. The second-order valence-electron chi connectivity index (χ2n) is 6.43. The van der Waals surface area contributed by atoms with Crippen LogP contribution < -0.4 is 0 Å². The monoisotopic (exact) mass is 395 g/mol. The lowest BCUT2D eigenvalue weighted by molar-refractivity contribution is 0.310. The fraction of sp³-hybridized carbons (Fsp3) is 0.143. The molecular formula is C21H18ClN3OS. The van der Waals surface area contributed by atoms with Crippen LogP contribution in [0.1, 0.15) is 23.5 Å². The summed E-state index contributed by atoms with van der Waals surface area (Å²) in [6, 6.07) is 17.5. The third-order valence-corrected chi connectivity index (χ3v) is 5.82. The molecule has 2 N–H and O–H groups in total. The molecule has 4 nitrogen and oxygen atoms in total. The van der Waals surface area contributed by atoms with Gasteiger partial charge in [-0.15, -0.1) is 11.3 Å². The molecule has 27 heavy (non-hydrogen) atoms. The smallest absolute Gasteiger partial charge is 0.135 e. The van der Waals surface area contributed by atoms with E-state index in [1.165, 1.54) is 11.3 Å². The number of hydrogen-bond acceptors (Lipinski definition) is 4. The largest absolute Gasteiger partial charge is 0.510 e. The summed E-state index contributed by atoms with van der Waals surface area (Å²) in [5.41, 5.74) is 3.33. The van der Waals surface area contributed by atoms with Crippen LogP contribution in [0.3, 0.4) is 0 Å². The van der Waals surface area contributed by atoms with Crippen molar-refractivity contribution in [3.8, 4) is 11.3 Å². The lowest BCUT2D eigenvalue weighted by Crippen LogP contribution is -2.29. The molecule has 0 saturated heterocycles. The van der Waals surface area contributed by atoms with Gasteiger partial charge < -0.3 is 10.0 Å². The second-order valence-corrected chi connectivity index (χ2v) is 7.73. The van der Waals surface area contributed by atoms with Gasteiger partial charge in [0.25, 0.3) is 0 Å². The van der Waals surface area contributed by atoms with Gasteiger partial charge in [0.2, 0.25) is 0 Å². The molecule has 6 heteroatoms. The van der Waals surface area contributed by atoms with Crippen LogP contribution in [0.4, 0.5) is 0 Å². The first-order valence-electron chi connectivity index (χ1n) is 8.59. The van der Waals surface area contributed by atoms with Crippen LogP contribution in [0.5, 0.6) is 0 Å². The van der Waals surface area contributed by atoms with Crippen molar-refractivity contribution < 1.29 is 5.11 Å². The molecule has 0 bridgehead atoms. The molecule has 0 amide bonds. The first-order valence-corrected chi connectivity index (χ1v) is 9.85. The van der Waals surface area contributed by atoms with Crippen LogP contribution in [-0.2, 0) is 0 Å². The number of aliphatic hydroxyl groups excluding tert-OH is 1. The Balaban J connectivity index is 1.61. The summed E-state index contributed by atoms with van der Waals surface area (Å²) >= 11 is 7.50. The summed E-state index contributed by atoms with van der Waals surface area (Å²) in [5, 5.41) is 22.4. The number of aliphatic hydroxyl groups is 1. The standard InChI is InChI=1S/C21H18ClN3OS/c1-13(14-6-3-2-4-7-14)25-11-18(26)19(20(25)23)21-24-17(12-27-21)15-8-5-9-16(22)10-15/h2-10,12-13,23,26H,11H2,1H3/t13-/m1/s1. The van der Waals surface area contributed by atoms with Crippen molar-refractivity contribution in [1.29, 1.82) is 5.41 Å². The van der Waals surface area contributed by atoms with Crippen LogP contribution in [0.25, 0.3) is 16.8 Å². The third kappa shape index (κ3) is 3.36. The molecular weight excluding hydrogens is 378 g/mol. The zero-order valence-corrected chi connectivity index (χ0v) is 16.3. The molecule has 0 radical (unpaired) electrons. The van der Waals surface area contributed by atoms with Crippen molar-refractivity contribution in [3.05, 3.63) is 81.3 Å². The van der Waals surface area contributed by atoms with E-state index in [9.17, 15) is 5.11 Å². The van der Waals surface area contributed by atoms with Gasteiger partial charge in [0, 0.05) is 16.0 Å². The van der Waals surface area contributed by atoms with Crippen LogP contribution in [0.2, 0.25) is 5.02 Å². The fourth-order valence-corrected chi connectivity index (χ4v) is 4.32. The Morgan fingerprint density at radius 2 is 1.96 bits per heavy atom. The number of nitrogens with one attached hydrogen (secondary N) is 1. The van der Waals surface area contributed by atoms with Gasteiger partial charge in [-0.2, -0.15) is 0 Å². The molecule has 136 valence electrons. The predicted molar refractivity (Wildman–Crippen MR) is 111 cm³/mol. The van der Waals surface area contributed by atoms with E-state index in [1.807, 2.05) is 71.8 Å². The highest BCUT2D eigenvalue weighted by Crippen LogP contribution is 2.36. The molecule has 2 aromatic carbocycles. The Kier molecular flexibility index (Phi) is 4.72. The summed E-state index contributed by atoms with van der Waals surface area (Å²) in [6.45, 7) is 2.36. The number of amidine groups is 1. The number of nitrogens with zero attached hydrogens (tertiary/aromatic N) is 2. The van der Waals surface area contributed by atoms with Gasteiger partial charge in [0.15, 0.2) is 0 Å². The van der Waals surface area contributed by atoms with Crippen molar-refractivity contribution in [2.75, 3.05) is 6.54 Å². The lowest BCUT2D eigenvalue weighted by Gasteiger charge is -2.26. The highest BCUT2D eigenvalue weighted by atomic mass is 35.5. The lowest BCUT2D eigenvalue weighted by atomic mass is 10.1. The molecule has 0 aliphatic carbocycles. The summed E-state index contributed by atoms with van der Waals surface area (Å²) in [5.74, 6) is 0.491. The van der Waals surface area contributed by atoms with E-state index >= 15 is 0 Å². The molecule has 0 unspecified atom stereocenters. The molecule has 0 spiro atoms. The summed E-state index contributed by atoms with van der Waals surface area (Å²) in [6.07, 6.45) is 0. The second kappa shape index (κ2) is 7.18. The fourth-order valence-electron chi connectivity index (χ4n) is 3.24. The average Bonchev–Trinajstić information content (AvgIpc) is 3.26. The van der Waals surface area contributed by atoms with Gasteiger partial charge in [-0.1, -0.05) is 54.1 Å². The van der Waals surface area contributed by atoms with Gasteiger partial charge in [-0.25, -0.2) is 4.98 Å². The highest BCUT2D eigenvalue weighted by molar-refractivity contribution is 7.11. The number of aromatic nitrogens is 1. The van der Waals surface area contributed by atoms with E-state index in [1.54, 1.807) is 0 Å². The van der Waals surface area contributed by atoms with Gasteiger partial charge >= 0.3 is 0 Å². The zero-order chi connectivity index (χ0) is 19.0. The Hall–Kier alpha value is -2.63. The SMILES string of the molecule is C[C@H](c1ccccc1)N1CC(O)=C(c2nc(-c3cccc(Cl)c3)cs2)C1=N. The Morgan fingerprint density at radius 1 is 1.19 bits per heavy atom. The minimum absolute atomic E-state index is 0.00860. The van der Waals surface area contributed by atoms with Crippen LogP contribution in [0.15, 0.2) is 65.7 Å². The summed E-state index contributed by atoms with van der Waals surface area (Å²) < 4.78 is 0. The quantitative estimate of drug-likeness (QED) is 0.588. The molecule has 2 heterocycles. The minimum atomic E-state index is -0.00860. The molecule has 1 atom stereocenters. The molecule has 3 aromatic rings. The topological polar surface area (TPSA) is 60.2 Å². The van der Waals surface area contributed by atoms with Crippen LogP contribution in [0, 0.1) is 5.41 Å². The van der Waals surface area contributed by atoms with Crippen LogP contribution in [-0.4, -0.2) is 27.4 Å². The average molecular weight is 396 g/mol. The van der Waals surface area contributed by atoms with Crippen molar-refractivity contribution in [3.63, 3.8) is 0 Å². The van der Waals surface area contributed by atoms with E-state index in [0.717, 1.165) is 16.8 Å². The number of hydrogen-bond donors (Lipinski definition) is 2. The molecule has 0 fully saturated rings. The molecule has 4 rings (SSSR count).